The molecule has 0 unspecified atom stereocenters. The molecule has 0 radical (unpaired) electrons. The van der Waals surface area contributed by atoms with E-state index < -0.39 is 0 Å². The number of Topliss-reactive ketones (excluding diaryl/α,β-unsaturated/α-hetero) is 1. The zero-order chi connectivity index (χ0) is 20.5. The first-order valence-corrected chi connectivity index (χ1v) is 10.0. The van der Waals surface area contributed by atoms with Gasteiger partial charge in [0.05, 0.1) is 18.4 Å². The first kappa shape index (κ1) is 20.5. The fraction of sp³-hybridized carbons (Fsp3) is 0.130. The number of hydrogen-bond donors (Lipinski definition) is 1. The van der Waals surface area contributed by atoms with Crippen LogP contribution in [0.15, 0.2) is 83.8 Å². The fourth-order valence-corrected chi connectivity index (χ4v) is 3.38. The Morgan fingerprint density at radius 1 is 0.897 bits per heavy atom. The zero-order valence-corrected chi connectivity index (χ0v) is 16.8. The van der Waals surface area contributed by atoms with E-state index in [2.05, 4.69) is 5.32 Å². The normalized spacial score (nSPS) is 10.2. The molecule has 0 spiro atoms. The van der Waals surface area contributed by atoms with Crippen LogP contribution in [0.2, 0.25) is 0 Å². The lowest BCUT2D eigenvalue weighted by Crippen LogP contribution is -2.20. The van der Waals surface area contributed by atoms with Crippen LogP contribution < -0.4 is 14.8 Å². The van der Waals surface area contributed by atoms with E-state index in [1.807, 2.05) is 42.5 Å². The highest BCUT2D eigenvalue weighted by molar-refractivity contribution is 8.00. The number of methoxy groups -OCH3 is 1. The van der Waals surface area contributed by atoms with Gasteiger partial charge in [0.15, 0.2) is 12.4 Å². The largest absolute Gasteiger partial charge is 0.496 e. The van der Waals surface area contributed by atoms with Gasteiger partial charge in [-0.2, -0.15) is 0 Å². The Balaban J connectivity index is 1.48. The summed E-state index contributed by atoms with van der Waals surface area (Å²) in [6, 6.07) is 23.7. The zero-order valence-electron chi connectivity index (χ0n) is 16.0. The predicted octanol–water partition coefficient (Wildman–Crippen LogP) is 4.69. The van der Waals surface area contributed by atoms with Crippen molar-refractivity contribution >= 4 is 29.1 Å². The molecule has 3 aromatic rings. The second-order valence-corrected chi connectivity index (χ2v) is 7.14. The Kier molecular flexibility index (Phi) is 7.30. The monoisotopic (exact) mass is 407 g/mol. The number of nitrogens with one attached hydrogen (secondary N) is 1. The van der Waals surface area contributed by atoms with Crippen molar-refractivity contribution in [2.75, 3.05) is 24.8 Å². The molecule has 3 rings (SSSR count). The van der Waals surface area contributed by atoms with Gasteiger partial charge in [0.1, 0.15) is 11.5 Å². The van der Waals surface area contributed by atoms with Crippen LogP contribution in [0.25, 0.3) is 0 Å². The van der Waals surface area contributed by atoms with Crippen LogP contribution in [0.3, 0.4) is 0 Å². The summed E-state index contributed by atoms with van der Waals surface area (Å²) in [7, 11) is 1.55. The number of amides is 1. The first-order chi connectivity index (χ1) is 14.2. The quantitative estimate of drug-likeness (QED) is 0.412. The molecule has 3 aromatic carbocycles. The van der Waals surface area contributed by atoms with E-state index in [1.165, 1.54) is 11.8 Å². The van der Waals surface area contributed by atoms with Crippen molar-refractivity contribution in [2.45, 2.75) is 4.90 Å². The molecule has 0 saturated heterocycles. The summed E-state index contributed by atoms with van der Waals surface area (Å²) in [5.41, 5.74) is 1.25. The lowest BCUT2D eigenvalue weighted by Gasteiger charge is -2.09. The van der Waals surface area contributed by atoms with E-state index in [4.69, 9.17) is 9.47 Å². The maximum atomic E-state index is 12.4. The third kappa shape index (κ3) is 6.12. The number of carbonyl (C=O) groups is 2. The Hall–Kier alpha value is -3.25. The Morgan fingerprint density at radius 2 is 1.59 bits per heavy atom. The number of ether oxygens (including phenoxy) is 2. The van der Waals surface area contributed by atoms with Crippen LogP contribution in [0.5, 0.6) is 11.5 Å². The van der Waals surface area contributed by atoms with Gasteiger partial charge < -0.3 is 14.8 Å². The van der Waals surface area contributed by atoms with Gasteiger partial charge in [-0.1, -0.05) is 30.3 Å². The van der Waals surface area contributed by atoms with E-state index in [1.54, 1.807) is 43.5 Å². The van der Waals surface area contributed by atoms with Crippen molar-refractivity contribution in [1.29, 1.82) is 0 Å². The molecule has 0 aromatic heterocycles. The number of rotatable bonds is 9. The molecule has 5 nitrogen and oxygen atoms in total. The molecule has 0 aliphatic rings. The van der Waals surface area contributed by atoms with Crippen LogP contribution in [0, 0.1) is 0 Å². The van der Waals surface area contributed by atoms with Crippen LogP contribution >= 0.6 is 11.8 Å². The van der Waals surface area contributed by atoms with Gasteiger partial charge in [-0.05, 0) is 48.5 Å². The van der Waals surface area contributed by atoms with Gasteiger partial charge >= 0.3 is 0 Å². The van der Waals surface area contributed by atoms with Gasteiger partial charge in [0, 0.05) is 10.6 Å². The van der Waals surface area contributed by atoms with Gasteiger partial charge in [-0.25, -0.2) is 0 Å². The Morgan fingerprint density at radius 3 is 2.31 bits per heavy atom. The number of ketones is 1. The summed E-state index contributed by atoms with van der Waals surface area (Å²) in [6.07, 6.45) is 0. The minimum absolute atomic E-state index is 0.00268. The average Bonchev–Trinajstić information content (AvgIpc) is 2.77. The summed E-state index contributed by atoms with van der Waals surface area (Å²) >= 11 is 1.44. The van der Waals surface area contributed by atoms with Crippen molar-refractivity contribution in [1.82, 2.24) is 0 Å². The molecule has 0 saturated carbocycles. The summed E-state index contributed by atoms with van der Waals surface area (Å²) in [5.74, 6) is 1.29. The fourth-order valence-electron chi connectivity index (χ4n) is 2.60. The molecule has 0 atom stereocenters. The predicted molar refractivity (Wildman–Crippen MR) is 115 cm³/mol. The highest BCUT2D eigenvalue weighted by Gasteiger charge is 2.12. The summed E-state index contributed by atoms with van der Waals surface area (Å²) in [5, 5.41) is 2.79. The van der Waals surface area contributed by atoms with Crippen molar-refractivity contribution in [2.24, 2.45) is 0 Å². The molecule has 1 amide bonds. The van der Waals surface area contributed by atoms with Crippen molar-refractivity contribution in [3.8, 4) is 11.5 Å². The lowest BCUT2D eigenvalue weighted by atomic mass is 10.1. The Labute approximate surface area is 174 Å². The molecule has 0 fully saturated rings. The number of benzene rings is 3. The number of carbonyl (C=O) groups excluding carboxylic acids is 2. The standard InChI is InChI=1S/C23H21NO4S/c1-27-22-10-6-5-9-20(22)21(25)16-29-19-13-11-17(12-14-19)24-23(26)15-28-18-7-3-2-4-8-18/h2-14H,15-16H2,1H3,(H,24,26). The molecule has 148 valence electrons. The van der Waals surface area contributed by atoms with Crippen LogP contribution in [0.4, 0.5) is 5.69 Å². The molecule has 0 bridgehead atoms. The smallest absolute Gasteiger partial charge is 0.262 e. The molecule has 6 heteroatoms. The van der Waals surface area contributed by atoms with E-state index in [9.17, 15) is 9.59 Å². The van der Waals surface area contributed by atoms with Gasteiger partial charge in [0.2, 0.25) is 0 Å². The SMILES string of the molecule is COc1ccccc1C(=O)CSc1ccc(NC(=O)COc2ccccc2)cc1. The average molecular weight is 407 g/mol. The van der Waals surface area contributed by atoms with Crippen LogP contribution in [-0.4, -0.2) is 31.2 Å². The van der Waals surface area contributed by atoms with Gasteiger partial charge in [-0.3, -0.25) is 9.59 Å². The molecular formula is C23H21NO4S. The van der Waals surface area contributed by atoms with Crippen molar-refractivity contribution in [3.63, 3.8) is 0 Å². The second-order valence-electron chi connectivity index (χ2n) is 6.09. The lowest BCUT2D eigenvalue weighted by molar-refractivity contribution is -0.118. The molecule has 0 aliphatic heterocycles. The summed E-state index contributed by atoms with van der Waals surface area (Å²) < 4.78 is 10.7. The van der Waals surface area contributed by atoms with Gasteiger partial charge in [0.25, 0.3) is 5.91 Å². The highest BCUT2D eigenvalue weighted by atomic mass is 32.2. The molecule has 29 heavy (non-hydrogen) atoms. The second kappa shape index (κ2) is 10.3. The minimum atomic E-state index is -0.236. The molecule has 0 aliphatic carbocycles. The maximum absolute atomic E-state index is 12.4. The number of anilines is 1. The van der Waals surface area contributed by atoms with Crippen molar-refractivity contribution < 1.29 is 19.1 Å². The maximum Gasteiger partial charge on any atom is 0.262 e. The van der Waals surface area contributed by atoms with Crippen LogP contribution in [0.1, 0.15) is 10.4 Å². The minimum Gasteiger partial charge on any atom is -0.496 e. The topological polar surface area (TPSA) is 64.6 Å². The van der Waals surface area contributed by atoms with Crippen LogP contribution in [-0.2, 0) is 4.79 Å². The summed E-state index contributed by atoms with van der Waals surface area (Å²) in [6.45, 7) is -0.0616. The first-order valence-electron chi connectivity index (χ1n) is 9.02. The van der Waals surface area contributed by atoms with E-state index in [0.717, 1.165) is 4.90 Å². The van der Waals surface area contributed by atoms with Gasteiger partial charge in [-0.15, -0.1) is 11.8 Å². The third-order valence-corrected chi connectivity index (χ3v) is 5.04. The number of thioether (sulfide) groups is 1. The molecular weight excluding hydrogens is 386 g/mol. The van der Waals surface area contributed by atoms with E-state index in [-0.39, 0.29) is 18.3 Å². The highest BCUT2D eigenvalue weighted by Crippen LogP contribution is 2.24. The molecule has 1 N–H and O–H groups in total. The number of para-hydroxylation sites is 2. The van der Waals surface area contributed by atoms with Crippen molar-refractivity contribution in [3.05, 3.63) is 84.4 Å². The van der Waals surface area contributed by atoms with E-state index in [0.29, 0.717) is 28.5 Å². The summed E-state index contributed by atoms with van der Waals surface area (Å²) in [4.78, 5) is 25.4. The molecule has 0 heterocycles. The Bertz CT molecular complexity index is 958. The van der Waals surface area contributed by atoms with E-state index >= 15 is 0 Å². The third-order valence-electron chi connectivity index (χ3n) is 4.03. The number of hydrogen-bond acceptors (Lipinski definition) is 5.